The van der Waals surface area contributed by atoms with E-state index in [1.807, 2.05) is 29.4 Å². The average molecular weight is 503 g/mol. The minimum Gasteiger partial charge on any atom is -0.346 e. The summed E-state index contributed by atoms with van der Waals surface area (Å²) < 4.78 is 0. The second-order valence-electron chi connectivity index (χ2n) is 11.9. The van der Waals surface area contributed by atoms with E-state index in [0.717, 1.165) is 66.2 Å². The van der Waals surface area contributed by atoms with Gasteiger partial charge in [0.1, 0.15) is 5.65 Å². The fraction of sp³-hybridized carbons (Fsp3) is 0.394. The molecule has 1 saturated heterocycles. The molecule has 2 fully saturated rings. The summed E-state index contributed by atoms with van der Waals surface area (Å²) >= 11 is 0. The van der Waals surface area contributed by atoms with E-state index in [9.17, 15) is 4.79 Å². The van der Waals surface area contributed by atoms with Crippen LogP contribution in [0.15, 0.2) is 54.9 Å². The molecule has 1 amide bonds. The predicted molar refractivity (Wildman–Crippen MR) is 151 cm³/mol. The van der Waals surface area contributed by atoms with Crippen LogP contribution in [0.2, 0.25) is 0 Å². The maximum atomic E-state index is 12.8. The van der Waals surface area contributed by atoms with E-state index in [-0.39, 0.29) is 5.91 Å². The molecular weight excluding hydrogens is 468 g/mol. The van der Waals surface area contributed by atoms with Crippen LogP contribution in [0.3, 0.4) is 0 Å². The van der Waals surface area contributed by atoms with Gasteiger partial charge in [-0.3, -0.25) is 9.69 Å². The van der Waals surface area contributed by atoms with Gasteiger partial charge in [-0.1, -0.05) is 18.2 Å². The monoisotopic (exact) mass is 502 g/mol. The van der Waals surface area contributed by atoms with E-state index < -0.39 is 0 Å². The molecule has 5 heteroatoms. The van der Waals surface area contributed by atoms with Crippen molar-refractivity contribution < 1.29 is 4.79 Å². The third-order valence-electron chi connectivity index (χ3n) is 9.35. The van der Waals surface area contributed by atoms with Gasteiger partial charge in [0, 0.05) is 66.7 Å². The first kappa shape index (κ1) is 22.5. The number of hydrogen-bond acceptors (Lipinski definition) is 3. The van der Waals surface area contributed by atoms with Crippen molar-refractivity contribution in [2.75, 3.05) is 19.6 Å². The third-order valence-corrected chi connectivity index (χ3v) is 9.35. The van der Waals surface area contributed by atoms with E-state index in [1.54, 1.807) is 16.7 Å². The van der Waals surface area contributed by atoms with Crippen LogP contribution >= 0.6 is 0 Å². The molecule has 1 atom stereocenters. The highest BCUT2D eigenvalue weighted by molar-refractivity contribution is 5.98. The number of aromatic nitrogens is 2. The van der Waals surface area contributed by atoms with Gasteiger partial charge in [0.15, 0.2) is 0 Å². The summed E-state index contributed by atoms with van der Waals surface area (Å²) in [5.74, 6) is 0.866. The molecule has 4 aromatic rings. The number of rotatable bonds is 4. The molecule has 0 bridgehead atoms. The Kier molecular flexibility index (Phi) is 5.22. The number of fused-ring (bicyclic) bond motifs is 1. The van der Waals surface area contributed by atoms with E-state index in [2.05, 4.69) is 40.2 Å². The van der Waals surface area contributed by atoms with Gasteiger partial charge in [0.05, 0.1) is 0 Å². The number of pyridine rings is 1. The average Bonchev–Trinajstić information content (AvgIpc) is 3.49. The normalized spacial score (nSPS) is 21.2. The van der Waals surface area contributed by atoms with Gasteiger partial charge in [-0.05, 0) is 103 Å². The Morgan fingerprint density at radius 2 is 1.71 bits per heavy atom. The molecule has 4 aliphatic rings. The smallest absolute Gasteiger partial charge is 0.253 e. The highest BCUT2D eigenvalue weighted by Crippen LogP contribution is 2.44. The second-order valence-corrected chi connectivity index (χ2v) is 11.9. The van der Waals surface area contributed by atoms with Crippen LogP contribution in [-0.2, 0) is 13.0 Å². The molecular formula is C33H34N4O. The first-order valence-electron chi connectivity index (χ1n) is 14.5. The van der Waals surface area contributed by atoms with Gasteiger partial charge >= 0.3 is 0 Å². The van der Waals surface area contributed by atoms with Crippen molar-refractivity contribution >= 4 is 16.9 Å². The van der Waals surface area contributed by atoms with Gasteiger partial charge in [-0.15, -0.1) is 0 Å². The van der Waals surface area contributed by atoms with Crippen molar-refractivity contribution in [1.29, 1.82) is 0 Å². The van der Waals surface area contributed by atoms with Crippen molar-refractivity contribution in [1.82, 2.24) is 19.8 Å². The summed E-state index contributed by atoms with van der Waals surface area (Å²) in [4.78, 5) is 25.7. The fourth-order valence-corrected chi connectivity index (χ4v) is 7.25. The quantitative estimate of drug-likeness (QED) is 0.345. The lowest BCUT2D eigenvalue weighted by atomic mass is 9.76. The lowest BCUT2D eigenvalue weighted by Gasteiger charge is -2.39. The van der Waals surface area contributed by atoms with Crippen LogP contribution in [0.4, 0.5) is 0 Å². The number of amides is 1. The highest BCUT2D eigenvalue weighted by atomic mass is 16.2. The number of aromatic amines is 1. The molecule has 4 heterocycles. The standard InChI is InChI=1S/C33H34N4O/c38-33(36-12-1-2-13-36)22-8-6-21(7-9-22)30-18-35-32-29(30)16-26(17-34-32)25-14-23-4-3-5-24-19-37(28-10-11-28)20-27(15-25)31(23)24/h6-9,14-18,24,28H,1-5,10-13,19-20H2,(H,34,35). The predicted octanol–water partition coefficient (Wildman–Crippen LogP) is 6.53. The van der Waals surface area contributed by atoms with E-state index >= 15 is 0 Å². The Balaban J connectivity index is 1.14. The molecule has 0 spiro atoms. The first-order valence-corrected chi connectivity index (χ1v) is 14.5. The minimum atomic E-state index is 0.149. The van der Waals surface area contributed by atoms with Crippen molar-refractivity contribution in [2.24, 2.45) is 0 Å². The summed E-state index contributed by atoms with van der Waals surface area (Å²) in [5, 5.41) is 1.13. The first-order chi connectivity index (χ1) is 18.7. The van der Waals surface area contributed by atoms with E-state index in [4.69, 9.17) is 4.98 Å². The summed E-state index contributed by atoms with van der Waals surface area (Å²) in [7, 11) is 0. The number of nitrogens with zero attached hydrogens (tertiary/aromatic N) is 3. The van der Waals surface area contributed by atoms with Crippen LogP contribution in [0, 0.1) is 0 Å². The highest BCUT2D eigenvalue weighted by Gasteiger charge is 2.37. The molecule has 2 aromatic carbocycles. The zero-order valence-corrected chi connectivity index (χ0v) is 21.9. The number of H-pyrrole nitrogens is 1. The van der Waals surface area contributed by atoms with Crippen LogP contribution in [0.1, 0.15) is 71.5 Å². The Morgan fingerprint density at radius 1 is 0.895 bits per heavy atom. The van der Waals surface area contributed by atoms with Gasteiger partial charge in [-0.2, -0.15) is 0 Å². The lowest BCUT2D eigenvalue weighted by molar-refractivity contribution is 0.0793. The zero-order chi connectivity index (χ0) is 25.2. The molecule has 2 aromatic heterocycles. The van der Waals surface area contributed by atoms with Crippen LogP contribution in [0.5, 0.6) is 0 Å². The van der Waals surface area contributed by atoms with E-state index in [0.29, 0.717) is 5.92 Å². The minimum absolute atomic E-state index is 0.149. The molecule has 8 rings (SSSR count). The molecule has 192 valence electrons. The van der Waals surface area contributed by atoms with Gasteiger partial charge < -0.3 is 9.88 Å². The molecule has 2 aliphatic heterocycles. The van der Waals surface area contributed by atoms with Crippen molar-refractivity contribution in [2.45, 2.75) is 63.5 Å². The van der Waals surface area contributed by atoms with Gasteiger partial charge in [-0.25, -0.2) is 4.98 Å². The van der Waals surface area contributed by atoms with Crippen LogP contribution in [0.25, 0.3) is 33.3 Å². The summed E-state index contributed by atoms with van der Waals surface area (Å²) in [6, 6.07) is 16.1. The van der Waals surface area contributed by atoms with Crippen molar-refractivity contribution in [3.05, 3.63) is 77.1 Å². The van der Waals surface area contributed by atoms with Crippen molar-refractivity contribution in [3.8, 4) is 22.3 Å². The fourth-order valence-electron chi connectivity index (χ4n) is 7.25. The Labute approximate surface area is 223 Å². The largest absolute Gasteiger partial charge is 0.346 e. The molecule has 38 heavy (non-hydrogen) atoms. The number of likely N-dealkylation sites (tertiary alicyclic amines) is 1. The van der Waals surface area contributed by atoms with E-state index in [1.165, 1.54) is 49.8 Å². The number of nitrogens with one attached hydrogen (secondary N) is 1. The molecule has 2 aliphatic carbocycles. The molecule has 1 saturated carbocycles. The third kappa shape index (κ3) is 3.79. The zero-order valence-electron chi connectivity index (χ0n) is 21.9. The topological polar surface area (TPSA) is 52.2 Å². The lowest BCUT2D eigenvalue weighted by Crippen LogP contribution is -2.37. The Morgan fingerprint density at radius 3 is 2.53 bits per heavy atom. The maximum absolute atomic E-state index is 12.8. The molecule has 5 nitrogen and oxygen atoms in total. The number of benzene rings is 2. The van der Waals surface area contributed by atoms with Crippen molar-refractivity contribution in [3.63, 3.8) is 0 Å². The Hall–Kier alpha value is -3.44. The summed E-state index contributed by atoms with van der Waals surface area (Å²) in [5.41, 5.74) is 11.2. The van der Waals surface area contributed by atoms with Crippen LogP contribution < -0.4 is 0 Å². The van der Waals surface area contributed by atoms with Gasteiger partial charge in [0.25, 0.3) is 5.91 Å². The van der Waals surface area contributed by atoms with Gasteiger partial charge in [0.2, 0.25) is 0 Å². The number of carbonyl (C=O) groups is 1. The molecule has 0 radical (unpaired) electrons. The summed E-state index contributed by atoms with van der Waals surface area (Å²) in [6.07, 6.45) is 12.9. The summed E-state index contributed by atoms with van der Waals surface area (Å²) in [6.45, 7) is 4.11. The SMILES string of the molecule is O=C(c1ccc(-c2c[nH]c3ncc(-c4cc5c6c(c4)CN(C4CC4)CC6CCC5)cc23)cc1)N1CCCC1. The Bertz CT molecular complexity index is 1540. The van der Waals surface area contributed by atoms with Crippen LogP contribution in [-0.4, -0.2) is 51.4 Å². The number of aryl methyl sites for hydroxylation is 1. The number of hydrogen-bond donors (Lipinski definition) is 1. The molecule has 1 unspecified atom stereocenters. The second kappa shape index (κ2) is 8.81. The maximum Gasteiger partial charge on any atom is 0.253 e. The number of carbonyl (C=O) groups excluding carboxylic acids is 1. The molecule has 1 N–H and O–H groups in total.